The van der Waals surface area contributed by atoms with Crippen LogP contribution in [0.3, 0.4) is 0 Å². The van der Waals surface area contributed by atoms with E-state index in [0.29, 0.717) is 0 Å². The summed E-state index contributed by atoms with van der Waals surface area (Å²) in [5, 5.41) is 4.16. The van der Waals surface area contributed by atoms with Crippen LogP contribution in [-0.4, -0.2) is 19.1 Å². The zero-order valence-electron chi connectivity index (χ0n) is 10.6. The molecule has 2 aromatic rings. The molecule has 0 spiro atoms. The van der Waals surface area contributed by atoms with Crippen molar-refractivity contribution < 1.29 is 4.74 Å². The number of hydrogen-bond donors (Lipinski definition) is 1. The first kappa shape index (κ1) is 13.5. The molecule has 1 aromatic carbocycles. The van der Waals surface area contributed by atoms with Gasteiger partial charge in [-0.25, -0.2) is 4.98 Å². The molecule has 0 atom stereocenters. The van der Waals surface area contributed by atoms with E-state index in [1.54, 1.807) is 18.4 Å². The molecule has 3 nitrogen and oxygen atoms in total. The van der Waals surface area contributed by atoms with E-state index < -0.39 is 0 Å². The Kier molecular flexibility index (Phi) is 4.37. The quantitative estimate of drug-likeness (QED) is 0.931. The SMILES string of the molecule is CNCc1sc(-c2cc(Br)ccc2OC)nc1C. The number of methoxy groups -OCH3 is 1. The fraction of sp³-hybridized carbons (Fsp3) is 0.308. The summed E-state index contributed by atoms with van der Waals surface area (Å²) in [6.45, 7) is 2.89. The second-order valence-corrected chi connectivity index (χ2v) is 5.90. The normalized spacial score (nSPS) is 10.7. The molecule has 2 rings (SSSR count). The molecule has 0 saturated heterocycles. The molecule has 1 heterocycles. The topological polar surface area (TPSA) is 34.1 Å². The van der Waals surface area contributed by atoms with Crippen molar-refractivity contribution in [2.45, 2.75) is 13.5 Å². The standard InChI is InChI=1S/C13H15BrN2OS/c1-8-12(7-15-2)18-13(16-8)10-6-9(14)4-5-11(10)17-3/h4-6,15H,7H2,1-3H3. The summed E-state index contributed by atoms with van der Waals surface area (Å²) in [7, 11) is 3.63. The molecule has 0 bridgehead atoms. The van der Waals surface area contributed by atoms with Gasteiger partial charge in [0.15, 0.2) is 0 Å². The number of nitrogens with zero attached hydrogens (tertiary/aromatic N) is 1. The van der Waals surface area contributed by atoms with Crippen molar-refractivity contribution in [3.63, 3.8) is 0 Å². The van der Waals surface area contributed by atoms with Gasteiger partial charge in [0.2, 0.25) is 0 Å². The largest absolute Gasteiger partial charge is 0.496 e. The number of benzene rings is 1. The molecule has 1 N–H and O–H groups in total. The van der Waals surface area contributed by atoms with Crippen LogP contribution in [0.15, 0.2) is 22.7 Å². The smallest absolute Gasteiger partial charge is 0.129 e. The van der Waals surface area contributed by atoms with Gasteiger partial charge in [0, 0.05) is 15.9 Å². The maximum absolute atomic E-state index is 5.39. The lowest BCUT2D eigenvalue weighted by Crippen LogP contribution is -2.04. The van der Waals surface area contributed by atoms with Crippen molar-refractivity contribution in [1.29, 1.82) is 0 Å². The molecule has 18 heavy (non-hydrogen) atoms. The Bertz CT molecular complexity index is 554. The van der Waals surface area contributed by atoms with Gasteiger partial charge < -0.3 is 10.1 Å². The number of hydrogen-bond acceptors (Lipinski definition) is 4. The number of ether oxygens (including phenoxy) is 1. The lowest BCUT2D eigenvalue weighted by molar-refractivity contribution is 0.416. The molecular weight excluding hydrogens is 312 g/mol. The van der Waals surface area contributed by atoms with Gasteiger partial charge in [0.25, 0.3) is 0 Å². The maximum atomic E-state index is 5.39. The van der Waals surface area contributed by atoms with Crippen molar-refractivity contribution in [3.05, 3.63) is 33.2 Å². The van der Waals surface area contributed by atoms with E-state index in [4.69, 9.17) is 4.74 Å². The second kappa shape index (κ2) is 5.82. The summed E-state index contributed by atoms with van der Waals surface area (Å²) in [6.07, 6.45) is 0. The van der Waals surface area contributed by atoms with Crippen molar-refractivity contribution in [2.75, 3.05) is 14.2 Å². The van der Waals surface area contributed by atoms with Crippen LogP contribution >= 0.6 is 27.3 Å². The molecule has 0 aliphatic carbocycles. The first-order valence-corrected chi connectivity index (χ1v) is 7.21. The minimum Gasteiger partial charge on any atom is -0.496 e. The molecule has 0 amide bonds. The molecule has 1 aromatic heterocycles. The highest BCUT2D eigenvalue weighted by Crippen LogP contribution is 2.36. The second-order valence-electron chi connectivity index (χ2n) is 3.90. The Morgan fingerprint density at radius 1 is 1.44 bits per heavy atom. The van der Waals surface area contributed by atoms with E-state index in [1.165, 1.54) is 4.88 Å². The predicted molar refractivity (Wildman–Crippen MR) is 79.3 cm³/mol. The molecule has 0 aliphatic heterocycles. The number of rotatable bonds is 4. The van der Waals surface area contributed by atoms with Gasteiger partial charge in [-0.05, 0) is 32.2 Å². The zero-order valence-corrected chi connectivity index (χ0v) is 13.0. The molecule has 0 aliphatic rings. The first-order chi connectivity index (χ1) is 8.65. The third kappa shape index (κ3) is 2.74. The van der Waals surface area contributed by atoms with Crippen LogP contribution in [0, 0.1) is 6.92 Å². The van der Waals surface area contributed by atoms with Crippen LogP contribution in [0.25, 0.3) is 10.6 Å². The third-order valence-corrected chi connectivity index (χ3v) is 4.31. The maximum Gasteiger partial charge on any atom is 0.129 e. The minimum atomic E-state index is 0.847. The predicted octanol–water partition coefficient (Wildman–Crippen LogP) is 3.61. The van der Waals surface area contributed by atoms with E-state index in [9.17, 15) is 0 Å². The van der Waals surface area contributed by atoms with Gasteiger partial charge in [-0.3, -0.25) is 0 Å². The number of aryl methyl sites for hydroxylation is 1. The van der Waals surface area contributed by atoms with Crippen LogP contribution in [0.1, 0.15) is 10.6 Å². The van der Waals surface area contributed by atoms with Crippen LogP contribution < -0.4 is 10.1 Å². The fourth-order valence-electron chi connectivity index (χ4n) is 1.72. The zero-order chi connectivity index (χ0) is 13.1. The van der Waals surface area contributed by atoms with E-state index in [1.807, 2.05) is 32.2 Å². The Balaban J connectivity index is 2.47. The van der Waals surface area contributed by atoms with Crippen LogP contribution in [0.5, 0.6) is 5.75 Å². The van der Waals surface area contributed by atoms with Gasteiger partial charge in [0.05, 0.1) is 18.4 Å². The Morgan fingerprint density at radius 3 is 2.89 bits per heavy atom. The summed E-state index contributed by atoms with van der Waals surface area (Å²) in [6, 6.07) is 5.96. The summed E-state index contributed by atoms with van der Waals surface area (Å²) >= 11 is 5.19. The van der Waals surface area contributed by atoms with Gasteiger partial charge in [-0.1, -0.05) is 15.9 Å². The average molecular weight is 327 g/mol. The van der Waals surface area contributed by atoms with Gasteiger partial charge in [-0.15, -0.1) is 11.3 Å². The highest BCUT2D eigenvalue weighted by Gasteiger charge is 2.13. The number of halogens is 1. The van der Waals surface area contributed by atoms with Crippen LogP contribution in [0.2, 0.25) is 0 Å². The molecular formula is C13H15BrN2OS. The molecule has 96 valence electrons. The van der Waals surface area contributed by atoms with Gasteiger partial charge in [-0.2, -0.15) is 0 Å². The Morgan fingerprint density at radius 2 is 2.22 bits per heavy atom. The average Bonchev–Trinajstić information content (AvgIpc) is 2.71. The fourth-order valence-corrected chi connectivity index (χ4v) is 3.17. The van der Waals surface area contributed by atoms with E-state index in [2.05, 4.69) is 26.2 Å². The number of aromatic nitrogens is 1. The first-order valence-electron chi connectivity index (χ1n) is 5.60. The van der Waals surface area contributed by atoms with Crippen molar-refractivity contribution in [3.8, 4) is 16.3 Å². The summed E-state index contributed by atoms with van der Waals surface area (Å²) in [4.78, 5) is 5.89. The number of nitrogens with one attached hydrogen (secondary N) is 1. The lowest BCUT2D eigenvalue weighted by Gasteiger charge is -2.06. The van der Waals surface area contributed by atoms with Crippen molar-refractivity contribution >= 4 is 27.3 Å². The van der Waals surface area contributed by atoms with E-state index in [-0.39, 0.29) is 0 Å². The monoisotopic (exact) mass is 326 g/mol. The molecule has 0 fully saturated rings. The molecule has 5 heteroatoms. The summed E-state index contributed by atoms with van der Waals surface area (Å²) in [5.41, 5.74) is 2.11. The Labute approximate surface area is 119 Å². The highest BCUT2D eigenvalue weighted by molar-refractivity contribution is 9.10. The molecule has 0 saturated carbocycles. The summed E-state index contributed by atoms with van der Waals surface area (Å²) in [5.74, 6) is 0.850. The third-order valence-electron chi connectivity index (χ3n) is 2.62. The highest BCUT2D eigenvalue weighted by atomic mass is 79.9. The van der Waals surface area contributed by atoms with Crippen LogP contribution in [-0.2, 0) is 6.54 Å². The van der Waals surface area contributed by atoms with Gasteiger partial charge in [0.1, 0.15) is 10.8 Å². The molecule has 0 unspecified atom stereocenters. The van der Waals surface area contributed by atoms with E-state index >= 15 is 0 Å². The molecule has 0 radical (unpaired) electrons. The Hall–Kier alpha value is -0.910. The van der Waals surface area contributed by atoms with Gasteiger partial charge >= 0.3 is 0 Å². The van der Waals surface area contributed by atoms with Crippen molar-refractivity contribution in [2.24, 2.45) is 0 Å². The van der Waals surface area contributed by atoms with Crippen LogP contribution in [0.4, 0.5) is 0 Å². The summed E-state index contributed by atoms with van der Waals surface area (Å²) < 4.78 is 6.42. The van der Waals surface area contributed by atoms with E-state index in [0.717, 1.165) is 33.0 Å². The minimum absolute atomic E-state index is 0.847. The van der Waals surface area contributed by atoms with Crippen molar-refractivity contribution in [1.82, 2.24) is 10.3 Å². The lowest BCUT2D eigenvalue weighted by atomic mass is 10.2. The number of thiazole rings is 1.